The van der Waals surface area contributed by atoms with Crippen molar-refractivity contribution in [1.29, 1.82) is 0 Å². The van der Waals surface area contributed by atoms with E-state index in [1.165, 1.54) is 0 Å². The van der Waals surface area contributed by atoms with Gasteiger partial charge in [-0.05, 0) is 52.4 Å². The number of rotatable bonds is 3. The minimum atomic E-state index is -0.0417. The molecule has 0 aliphatic rings. The van der Waals surface area contributed by atoms with Gasteiger partial charge in [0, 0.05) is 25.7 Å². The van der Waals surface area contributed by atoms with Crippen molar-refractivity contribution in [2.24, 2.45) is 0 Å². The van der Waals surface area contributed by atoms with Crippen molar-refractivity contribution in [3.8, 4) is 0 Å². The topological polar surface area (TPSA) is 44.9 Å². The van der Waals surface area contributed by atoms with Crippen LogP contribution in [-0.2, 0) is 11.2 Å². The second-order valence-electron chi connectivity index (χ2n) is 4.71. The largest absolute Gasteiger partial charge is 0.361 e. The number of aromatic amines is 1. The van der Waals surface area contributed by atoms with E-state index in [2.05, 4.69) is 32.9 Å². The van der Waals surface area contributed by atoms with Crippen molar-refractivity contribution in [2.45, 2.75) is 6.42 Å². The lowest BCUT2D eigenvalue weighted by Crippen LogP contribution is -2.15. The summed E-state index contributed by atoms with van der Waals surface area (Å²) < 4.78 is 0.923. The van der Waals surface area contributed by atoms with Crippen molar-refractivity contribution < 1.29 is 4.79 Å². The number of nitrogens with one attached hydrogen (secondary N) is 2. The first kappa shape index (κ1) is 14.4. The molecule has 1 amide bonds. The molecule has 0 bridgehead atoms. The number of halogens is 2. The number of aromatic nitrogens is 1. The van der Waals surface area contributed by atoms with Crippen LogP contribution in [0.3, 0.4) is 0 Å². The third kappa shape index (κ3) is 3.22. The van der Waals surface area contributed by atoms with Gasteiger partial charge in [-0.3, -0.25) is 4.79 Å². The molecule has 0 saturated heterocycles. The smallest absolute Gasteiger partial charge is 0.228 e. The standard InChI is InChI=1S/C16H12ClIN2O/c17-11-5-6-15(13(18)8-11)20-16(21)7-10-9-19-14-4-2-1-3-12(10)14/h1-6,8-9,19H,7H2,(H,20,21). The summed E-state index contributed by atoms with van der Waals surface area (Å²) in [5.74, 6) is -0.0417. The zero-order valence-corrected chi connectivity index (χ0v) is 13.9. The zero-order valence-electron chi connectivity index (χ0n) is 11.0. The Bertz CT molecular complexity index is 813. The Hall–Kier alpha value is -1.53. The minimum absolute atomic E-state index is 0.0417. The first-order valence-corrected chi connectivity index (χ1v) is 7.89. The van der Waals surface area contributed by atoms with Crippen LogP contribution in [0.25, 0.3) is 10.9 Å². The van der Waals surface area contributed by atoms with Crippen LogP contribution in [0.4, 0.5) is 5.69 Å². The molecule has 2 aromatic carbocycles. The Morgan fingerprint density at radius 2 is 2.05 bits per heavy atom. The van der Waals surface area contributed by atoms with Gasteiger partial charge in [0.05, 0.1) is 12.1 Å². The number of anilines is 1. The number of benzene rings is 2. The minimum Gasteiger partial charge on any atom is -0.361 e. The van der Waals surface area contributed by atoms with Crippen molar-refractivity contribution in [2.75, 3.05) is 5.32 Å². The normalized spacial score (nSPS) is 10.8. The van der Waals surface area contributed by atoms with E-state index in [0.717, 1.165) is 25.7 Å². The van der Waals surface area contributed by atoms with E-state index in [1.807, 2.05) is 42.6 Å². The molecule has 0 aliphatic heterocycles. The molecule has 0 aliphatic carbocycles. The SMILES string of the molecule is O=C(Cc1c[nH]c2ccccc12)Nc1ccc(Cl)cc1I. The molecular weight excluding hydrogens is 399 g/mol. The number of fused-ring (bicyclic) bond motifs is 1. The maximum atomic E-state index is 12.2. The van der Waals surface area contributed by atoms with Gasteiger partial charge in [0.15, 0.2) is 0 Å². The first-order valence-electron chi connectivity index (χ1n) is 6.43. The van der Waals surface area contributed by atoms with Crippen LogP contribution in [0.1, 0.15) is 5.56 Å². The molecule has 0 unspecified atom stereocenters. The van der Waals surface area contributed by atoms with Crippen molar-refractivity contribution in [1.82, 2.24) is 4.98 Å². The second kappa shape index (κ2) is 6.07. The summed E-state index contributed by atoms with van der Waals surface area (Å²) in [6.07, 6.45) is 2.22. The monoisotopic (exact) mass is 410 g/mol. The molecule has 0 radical (unpaired) electrons. The summed E-state index contributed by atoms with van der Waals surface area (Å²) in [5, 5.41) is 4.66. The van der Waals surface area contributed by atoms with Crippen LogP contribution >= 0.6 is 34.2 Å². The maximum absolute atomic E-state index is 12.2. The number of para-hydroxylation sites is 1. The number of carbonyl (C=O) groups excluding carboxylic acids is 1. The van der Waals surface area contributed by atoms with E-state index in [-0.39, 0.29) is 5.91 Å². The Labute approximate surface area is 140 Å². The van der Waals surface area contributed by atoms with Crippen LogP contribution in [0.15, 0.2) is 48.7 Å². The highest BCUT2D eigenvalue weighted by Crippen LogP contribution is 2.23. The molecule has 1 heterocycles. The summed E-state index contributed by atoms with van der Waals surface area (Å²) >= 11 is 8.07. The van der Waals surface area contributed by atoms with Crippen molar-refractivity contribution >= 4 is 56.7 Å². The first-order chi connectivity index (χ1) is 10.1. The van der Waals surface area contributed by atoms with Gasteiger partial charge in [-0.2, -0.15) is 0 Å². The Morgan fingerprint density at radius 3 is 2.86 bits per heavy atom. The van der Waals surface area contributed by atoms with Gasteiger partial charge in [-0.25, -0.2) is 0 Å². The molecule has 2 N–H and O–H groups in total. The molecule has 0 spiro atoms. The van der Waals surface area contributed by atoms with Gasteiger partial charge >= 0.3 is 0 Å². The van der Waals surface area contributed by atoms with Gasteiger partial charge in [0.2, 0.25) is 5.91 Å². The molecule has 3 nitrogen and oxygen atoms in total. The number of hydrogen-bond acceptors (Lipinski definition) is 1. The molecule has 0 fully saturated rings. The van der Waals surface area contributed by atoms with Crippen LogP contribution in [0.5, 0.6) is 0 Å². The zero-order chi connectivity index (χ0) is 14.8. The van der Waals surface area contributed by atoms with Gasteiger partial charge in [0.1, 0.15) is 0 Å². The number of hydrogen-bond donors (Lipinski definition) is 2. The average Bonchev–Trinajstić information content (AvgIpc) is 2.85. The van der Waals surface area contributed by atoms with E-state index in [0.29, 0.717) is 11.4 Å². The van der Waals surface area contributed by atoms with Gasteiger partial charge in [-0.1, -0.05) is 29.8 Å². The molecule has 5 heteroatoms. The summed E-state index contributed by atoms with van der Waals surface area (Å²) in [7, 11) is 0. The number of amides is 1. The maximum Gasteiger partial charge on any atom is 0.228 e. The predicted molar refractivity (Wildman–Crippen MR) is 94.8 cm³/mol. The van der Waals surface area contributed by atoms with E-state index in [1.54, 1.807) is 6.07 Å². The van der Waals surface area contributed by atoms with Crippen LogP contribution in [-0.4, -0.2) is 10.9 Å². The highest BCUT2D eigenvalue weighted by Gasteiger charge is 2.10. The van der Waals surface area contributed by atoms with Crippen LogP contribution < -0.4 is 5.32 Å². The highest BCUT2D eigenvalue weighted by molar-refractivity contribution is 14.1. The highest BCUT2D eigenvalue weighted by atomic mass is 127. The lowest BCUT2D eigenvalue weighted by atomic mass is 10.1. The Morgan fingerprint density at radius 1 is 1.24 bits per heavy atom. The number of H-pyrrole nitrogens is 1. The third-order valence-corrected chi connectivity index (χ3v) is 4.36. The summed E-state index contributed by atoms with van der Waals surface area (Å²) in [6.45, 7) is 0. The molecule has 3 rings (SSSR count). The third-order valence-electron chi connectivity index (χ3n) is 3.23. The molecule has 21 heavy (non-hydrogen) atoms. The average molecular weight is 411 g/mol. The van der Waals surface area contributed by atoms with Crippen molar-refractivity contribution in [3.63, 3.8) is 0 Å². The molecule has 0 atom stereocenters. The predicted octanol–water partition coefficient (Wildman–Crippen LogP) is 4.61. The lowest BCUT2D eigenvalue weighted by Gasteiger charge is -2.07. The van der Waals surface area contributed by atoms with Gasteiger partial charge in [-0.15, -0.1) is 0 Å². The number of carbonyl (C=O) groups is 1. The molecular formula is C16H12ClIN2O. The van der Waals surface area contributed by atoms with E-state index in [9.17, 15) is 4.79 Å². The molecule has 106 valence electrons. The quantitative estimate of drug-likeness (QED) is 0.609. The van der Waals surface area contributed by atoms with Gasteiger partial charge in [0.25, 0.3) is 0 Å². The van der Waals surface area contributed by atoms with E-state index >= 15 is 0 Å². The van der Waals surface area contributed by atoms with E-state index < -0.39 is 0 Å². The second-order valence-corrected chi connectivity index (χ2v) is 6.31. The molecule has 1 aromatic heterocycles. The fourth-order valence-corrected chi connectivity index (χ4v) is 3.24. The Kier molecular flexibility index (Phi) is 4.17. The van der Waals surface area contributed by atoms with Crippen LogP contribution in [0.2, 0.25) is 5.02 Å². The van der Waals surface area contributed by atoms with Crippen LogP contribution in [0, 0.1) is 3.57 Å². The van der Waals surface area contributed by atoms with Gasteiger partial charge < -0.3 is 10.3 Å². The molecule has 3 aromatic rings. The van der Waals surface area contributed by atoms with E-state index in [4.69, 9.17) is 11.6 Å². The Balaban J connectivity index is 1.77. The lowest BCUT2D eigenvalue weighted by molar-refractivity contribution is -0.115. The summed E-state index contributed by atoms with van der Waals surface area (Å²) in [5.41, 5.74) is 2.82. The summed E-state index contributed by atoms with van der Waals surface area (Å²) in [4.78, 5) is 15.4. The summed E-state index contributed by atoms with van der Waals surface area (Å²) in [6, 6.07) is 13.4. The fraction of sp³-hybridized carbons (Fsp3) is 0.0625. The molecule has 0 saturated carbocycles. The fourth-order valence-electron chi connectivity index (χ4n) is 2.24. The van der Waals surface area contributed by atoms with Crippen molar-refractivity contribution in [3.05, 3.63) is 62.8 Å².